The van der Waals surface area contributed by atoms with E-state index in [1.165, 1.54) is 19.2 Å². The second kappa shape index (κ2) is 3.71. The second-order valence-corrected chi connectivity index (χ2v) is 3.94. The quantitative estimate of drug-likeness (QED) is 0.814. The van der Waals surface area contributed by atoms with E-state index in [-0.39, 0.29) is 0 Å². The van der Waals surface area contributed by atoms with E-state index < -0.39 is 0 Å². The lowest BCUT2D eigenvalue weighted by Gasteiger charge is -2.04. The Balaban J connectivity index is 1.77. The molecule has 6 heteroatoms. The lowest BCUT2D eigenvalue weighted by Crippen LogP contribution is -2.06. The Labute approximate surface area is 92.5 Å². The molecule has 0 bridgehead atoms. The fraction of sp³-hybridized carbons (Fsp3) is 0.500. The van der Waals surface area contributed by atoms with Crippen LogP contribution < -0.4 is 5.73 Å². The van der Waals surface area contributed by atoms with E-state index >= 15 is 0 Å². The third-order valence-corrected chi connectivity index (χ3v) is 2.64. The number of anilines is 1. The maximum atomic E-state index is 5.70. The van der Waals surface area contributed by atoms with Gasteiger partial charge in [-0.15, -0.1) is 0 Å². The zero-order valence-electron chi connectivity index (χ0n) is 8.83. The zero-order valence-corrected chi connectivity index (χ0v) is 8.83. The van der Waals surface area contributed by atoms with Crippen LogP contribution in [0.15, 0.2) is 12.7 Å². The average Bonchev–Trinajstić information content (AvgIpc) is 3.00. The molecule has 2 aromatic rings. The van der Waals surface area contributed by atoms with Gasteiger partial charge in [0, 0.05) is 6.54 Å². The Kier molecular flexibility index (Phi) is 2.21. The van der Waals surface area contributed by atoms with Gasteiger partial charge in [-0.3, -0.25) is 0 Å². The molecule has 0 unspecified atom stereocenters. The predicted octanol–water partition coefficient (Wildman–Crippen LogP) is 0.587. The number of nitrogens with zero attached hydrogens (tertiary/aromatic N) is 4. The summed E-state index contributed by atoms with van der Waals surface area (Å²) in [6.07, 6.45) is 6.05. The molecule has 0 amide bonds. The minimum absolute atomic E-state index is 0.423. The average molecular weight is 219 g/mol. The zero-order chi connectivity index (χ0) is 11.0. The van der Waals surface area contributed by atoms with Gasteiger partial charge in [0.15, 0.2) is 11.5 Å². The molecular formula is C10H13N5O. The third-order valence-electron chi connectivity index (χ3n) is 2.64. The van der Waals surface area contributed by atoms with Gasteiger partial charge in [-0.1, -0.05) is 0 Å². The number of rotatable bonds is 4. The topological polar surface area (TPSA) is 78.9 Å². The Bertz CT molecular complexity index is 505. The van der Waals surface area contributed by atoms with Crippen LogP contribution in [-0.4, -0.2) is 32.2 Å². The first-order chi connectivity index (χ1) is 7.84. The van der Waals surface area contributed by atoms with E-state index in [1.54, 1.807) is 6.33 Å². The summed E-state index contributed by atoms with van der Waals surface area (Å²) in [5.74, 6) is 0.423. The van der Waals surface area contributed by atoms with Gasteiger partial charge in [0.25, 0.3) is 0 Å². The van der Waals surface area contributed by atoms with Gasteiger partial charge in [0.05, 0.1) is 19.0 Å². The van der Waals surface area contributed by atoms with Crippen molar-refractivity contribution in [2.24, 2.45) is 0 Å². The van der Waals surface area contributed by atoms with Gasteiger partial charge in [-0.2, -0.15) is 0 Å². The van der Waals surface area contributed by atoms with E-state index in [4.69, 9.17) is 10.5 Å². The lowest BCUT2D eigenvalue weighted by molar-refractivity contribution is 0.112. The molecule has 1 aliphatic rings. The van der Waals surface area contributed by atoms with E-state index in [0.29, 0.717) is 24.0 Å². The molecule has 3 rings (SSSR count). The van der Waals surface area contributed by atoms with E-state index in [0.717, 1.165) is 12.2 Å². The molecule has 84 valence electrons. The Morgan fingerprint density at radius 1 is 1.38 bits per heavy atom. The smallest absolute Gasteiger partial charge is 0.165 e. The number of ether oxygens (including phenoxy) is 1. The molecule has 16 heavy (non-hydrogen) atoms. The maximum absolute atomic E-state index is 5.70. The summed E-state index contributed by atoms with van der Waals surface area (Å²) in [6, 6.07) is 0. The number of aromatic nitrogens is 4. The van der Waals surface area contributed by atoms with Crippen LogP contribution in [-0.2, 0) is 11.3 Å². The first-order valence-electron chi connectivity index (χ1n) is 5.37. The van der Waals surface area contributed by atoms with E-state index in [1.807, 2.05) is 4.57 Å². The van der Waals surface area contributed by atoms with Crippen LogP contribution in [0.1, 0.15) is 12.8 Å². The normalized spacial score (nSPS) is 15.8. The van der Waals surface area contributed by atoms with Crippen molar-refractivity contribution in [2.45, 2.75) is 25.5 Å². The van der Waals surface area contributed by atoms with Gasteiger partial charge in [-0.25, -0.2) is 15.0 Å². The summed E-state index contributed by atoms with van der Waals surface area (Å²) in [5.41, 5.74) is 7.13. The van der Waals surface area contributed by atoms with Crippen LogP contribution >= 0.6 is 0 Å². The van der Waals surface area contributed by atoms with Crippen molar-refractivity contribution in [3.8, 4) is 0 Å². The highest BCUT2D eigenvalue weighted by Crippen LogP contribution is 2.23. The van der Waals surface area contributed by atoms with Crippen LogP contribution in [0.25, 0.3) is 11.2 Å². The molecule has 0 radical (unpaired) electrons. The number of nitrogen functional groups attached to an aromatic ring is 1. The number of imidazole rings is 1. The fourth-order valence-corrected chi connectivity index (χ4v) is 1.61. The molecule has 1 fully saturated rings. The molecule has 2 heterocycles. The molecule has 2 aromatic heterocycles. The molecule has 0 saturated heterocycles. The highest BCUT2D eigenvalue weighted by molar-refractivity contribution is 5.80. The van der Waals surface area contributed by atoms with Crippen molar-refractivity contribution >= 4 is 17.0 Å². The first kappa shape index (κ1) is 9.53. The van der Waals surface area contributed by atoms with Crippen LogP contribution in [0.2, 0.25) is 0 Å². The molecule has 0 atom stereocenters. The molecule has 0 aromatic carbocycles. The summed E-state index contributed by atoms with van der Waals surface area (Å²) >= 11 is 0. The Hall–Kier alpha value is -1.69. The summed E-state index contributed by atoms with van der Waals surface area (Å²) in [7, 11) is 0. The van der Waals surface area contributed by atoms with Crippen LogP contribution in [0.5, 0.6) is 0 Å². The second-order valence-electron chi connectivity index (χ2n) is 3.94. The number of fused-ring (bicyclic) bond motifs is 1. The van der Waals surface area contributed by atoms with Crippen LogP contribution in [0, 0.1) is 0 Å². The van der Waals surface area contributed by atoms with Crippen molar-refractivity contribution in [1.82, 2.24) is 19.5 Å². The van der Waals surface area contributed by atoms with Gasteiger partial charge in [0.2, 0.25) is 0 Å². The van der Waals surface area contributed by atoms with Crippen molar-refractivity contribution in [3.05, 3.63) is 12.7 Å². The number of hydrogen-bond acceptors (Lipinski definition) is 5. The highest BCUT2D eigenvalue weighted by atomic mass is 16.5. The van der Waals surface area contributed by atoms with E-state index in [2.05, 4.69) is 15.0 Å². The summed E-state index contributed by atoms with van der Waals surface area (Å²) in [4.78, 5) is 12.3. The summed E-state index contributed by atoms with van der Waals surface area (Å²) in [5, 5.41) is 0. The van der Waals surface area contributed by atoms with Gasteiger partial charge in [0.1, 0.15) is 11.8 Å². The van der Waals surface area contributed by atoms with Crippen LogP contribution in [0.3, 0.4) is 0 Å². The van der Waals surface area contributed by atoms with Gasteiger partial charge >= 0.3 is 0 Å². The molecule has 0 spiro atoms. The standard InChI is InChI=1S/C10H13N5O/c11-9-8-10(13-5-12-9)15(6-14-8)3-4-16-7-1-2-7/h5-7H,1-4H2,(H2,11,12,13). The summed E-state index contributed by atoms with van der Waals surface area (Å²) < 4.78 is 7.52. The monoisotopic (exact) mass is 219 g/mol. The minimum atomic E-state index is 0.423. The fourth-order valence-electron chi connectivity index (χ4n) is 1.61. The van der Waals surface area contributed by atoms with Crippen LogP contribution in [0.4, 0.5) is 5.82 Å². The molecular weight excluding hydrogens is 206 g/mol. The molecule has 6 nitrogen and oxygen atoms in total. The van der Waals surface area contributed by atoms with Crippen molar-refractivity contribution in [1.29, 1.82) is 0 Å². The predicted molar refractivity (Wildman–Crippen MR) is 58.7 cm³/mol. The van der Waals surface area contributed by atoms with E-state index in [9.17, 15) is 0 Å². The molecule has 1 aliphatic carbocycles. The molecule has 1 saturated carbocycles. The Morgan fingerprint density at radius 3 is 3.06 bits per heavy atom. The first-order valence-corrected chi connectivity index (χ1v) is 5.37. The number of nitrogens with two attached hydrogens (primary N) is 1. The largest absolute Gasteiger partial charge is 0.382 e. The molecule has 0 aliphatic heterocycles. The SMILES string of the molecule is Nc1ncnc2c1ncn2CCOC1CC1. The van der Waals surface area contributed by atoms with Crippen molar-refractivity contribution in [3.63, 3.8) is 0 Å². The Morgan fingerprint density at radius 2 is 2.25 bits per heavy atom. The van der Waals surface area contributed by atoms with Gasteiger partial charge < -0.3 is 15.0 Å². The van der Waals surface area contributed by atoms with Crippen molar-refractivity contribution < 1.29 is 4.74 Å². The van der Waals surface area contributed by atoms with Crippen molar-refractivity contribution in [2.75, 3.05) is 12.3 Å². The third kappa shape index (κ3) is 1.71. The lowest BCUT2D eigenvalue weighted by atomic mass is 10.5. The summed E-state index contributed by atoms with van der Waals surface area (Å²) in [6.45, 7) is 1.45. The number of hydrogen-bond donors (Lipinski definition) is 1. The highest BCUT2D eigenvalue weighted by Gasteiger charge is 2.21. The maximum Gasteiger partial charge on any atom is 0.165 e. The van der Waals surface area contributed by atoms with Gasteiger partial charge in [-0.05, 0) is 12.8 Å². The molecule has 2 N–H and O–H groups in total. The minimum Gasteiger partial charge on any atom is -0.382 e.